The highest BCUT2D eigenvalue weighted by atomic mass is 32.1. The largest absolute Gasteiger partial charge is 0.392 e. The standard InChI is InChI=1S/C27H42N2O5S/c1-15-9-8-10-27(7)22(34-27)12-20(16(2)11-19-14-35-18(4)28-19)29-23(31)13-21(30)26(5,6)25(33)17(3)24(15)32/h11,14-15,17,20-22,24,30,32H,8-10,12-13H2,1-7H3,(H,29,31)/t15-,17+,20-,21-,22-,24?,27+/m0/s1. The van der Waals surface area contributed by atoms with Crippen molar-refractivity contribution in [2.24, 2.45) is 17.3 Å². The van der Waals surface area contributed by atoms with Crippen LogP contribution in [0.4, 0.5) is 0 Å². The highest BCUT2D eigenvalue weighted by Gasteiger charge is 2.52. The normalized spacial score (nSPS) is 37.5. The summed E-state index contributed by atoms with van der Waals surface area (Å²) in [5.74, 6) is -1.24. The summed E-state index contributed by atoms with van der Waals surface area (Å²) in [6.45, 7) is 13.0. The first-order valence-electron chi connectivity index (χ1n) is 12.7. The van der Waals surface area contributed by atoms with Crippen molar-refractivity contribution < 1.29 is 24.5 Å². The molecular formula is C27H42N2O5S. The summed E-state index contributed by atoms with van der Waals surface area (Å²) in [5.41, 5.74) is 0.410. The lowest BCUT2D eigenvalue weighted by Gasteiger charge is -2.34. The van der Waals surface area contributed by atoms with E-state index in [1.54, 1.807) is 32.1 Å². The summed E-state index contributed by atoms with van der Waals surface area (Å²) >= 11 is 1.58. The van der Waals surface area contributed by atoms with Crippen LogP contribution in [0.15, 0.2) is 11.0 Å². The van der Waals surface area contributed by atoms with E-state index < -0.39 is 23.5 Å². The van der Waals surface area contributed by atoms with Crippen molar-refractivity contribution in [1.82, 2.24) is 10.3 Å². The van der Waals surface area contributed by atoms with Gasteiger partial charge in [0.1, 0.15) is 5.78 Å². The zero-order valence-corrected chi connectivity index (χ0v) is 22.9. The number of rotatable bonds is 2. The number of fused-ring (bicyclic) bond motifs is 1. The number of amides is 1. The highest BCUT2D eigenvalue weighted by molar-refractivity contribution is 7.09. The van der Waals surface area contributed by atoms with Crippen LogP contribution in [-0.2, 0) is 14.3 Å². The number of carbonyl (C=O) groups is 2. The average molecular weight is 507 g/mol. The fraction of sp³-hybridized carbons (Fsp3) is 0.741. The third-order valence-corrected chi connectivity index (χ3v) is 8.86. The maximum absolute atomic E-state index is 13.2. The Morgan fingerprint density at radius 1 is 1.26 bits per heavy atom. The number of hydrogen-bond acceptors (Lipinski definition) is 7. The van der Waals surface area contributed by atoms with E-state index in [0.717, 1.165) is 35.5 Å². The third-order valence-electron chi connectivity index (χ3n) is 8.07. The van der Waals surface area contributed by atoms with Gasteiger partial charge in [0, 0.05) is 17.7 Å². The Labute approximate surface area is 213 Å². The third kappa shape index (κ3) is 6.59. The van der Waals surface area contributed by atoms with Crippen LogP contribution in [0.25, 0.3) is 6.08 Å². The van der Waals surface area contributed by atoms with E-state index in [2.05, 4.69) is 17.2 Å². The van der Waals surface area contributed by atoms with Crippen molar-refractivity contribution in [2.75, 3.05) is 0 Å². The minimum atomic E-state index is -1.17. The molecule has 35 heavy (non-hydrogen) atoms. The summed E-state index contributed by atoms with van der Waals surface area (Å²) in [4.78, 5) is 30.8. The first-order chi connectivity index (χ1) is 16.2. The second kappa shape index (κ2) is 10.8. The summed E-state index contributed by atoms with van der Waals surface area (Å²) in [6.07, 6.45) is 2.99. The molecule has 0 aromatic carbocycles. The summed E-state index contributed by atoms with van der Waals surface area (Å²) in [5, 5.41) is 27.8. The number of ketones is 1. The smallest absolute Gasteiger partial charge is 0.223 e. The van der Waals surface area contributed by atoms with Crippen LogP contribution in [0.2, 0.25) is 0 Å². The second-order valence-electron chi connectivity index (χ2n) is 11.4. The van der Waals surface area contributed by atoms with Gasteiger partial charge in [0.05, 0.1) is 52.5 Å². The molecule has 0 aliphatic carbocycles. The van der Waals surface area contributed by atoms with Crippen molar-refractivity contribution in [1.29, 1.82) is 0 Å². The Kier molecular flexibility index (Phi) is 8.62. The van der Waals surface area contributed by atoms with Gasteiger partial charge in [-0.3, -0.25) is 9.59 Å². The lowest BCUT2D eigenvalue weighted by atomic mass is 9.72. The van der Waals surface area contributed by atoms with Crippen molar-refractivity contribution in [3.05, 3.63) is 21.7 Å². The first kappa shape index (κ1) is 28.0. The Morgan fingerprint density at radius 3 is 2.57 bits per heavy atom. The SMILES string of the molecule is CC(=Cc1csc(C)n1)[C@@H]1C[C@@H]2O[C@]2(C)CCC[C@H](C)C(O)[C@@H](C)C(=O)C(C)(C)[C@@H](O)CC(=O)N1. The number of thiazole rings is 1. The number of aliphatic hydroxyl groups is 2. The number of Topliss-reactive ketones (excluding diaryl/α,β-unsaturated/α-hetero) is 1. The average Bonchev–Trinajstić information content (AvgIpc) is 3.22. The molecule has 3 N–H and O–H groups in total. The first-order valence-corrected chi connectivity index (χ1v) is 13.6. The molecule has 0 bridgehead atoms. The number of hydrogen-bond donors (Lipinski definition) is 3. The van der Waals surface area contributed by atoms with E-state index in [1.807, 2.05) is 32.2 Å². The Morgan fingerprint density at radius 2 is 1.94 bits per heavy atom. The van der Waals surface area contributed by atoms with Gasteiger partial charge in [-0.05, 0) is 51.2 Å². The number of ether oxygens (including phenoxy) is 1. The summed E-state index contributed by atoms with van der Waals surface area (Å²) in [7, 11) is 0. The number of nitrogens with one attached hydrogen (secondary N) is 1. The molecule has 0 spiro atoms. The van der Waals surface area contributed by atoms with Crippen molar-refractivity contribution in [3.63, 3.8) is 0 Å². The van der Waals surface area contributed by atoms with E-state index in [4.69, 9.17) is 4.74 Å². The Balaban J connectivity index is 1.85. The minimum Gasteiger partial charge on any atom is -0.392 e. The molecule has 2 aliphatic heterocycles. The van der Waals surface area contributed by atoms with Crippen molar-refractivity contribution >= 4 is 29.1 Å². The molecule has 7 nitrogen and oxygen atoms in total. The molecule has 3 heterocycles. The number of nitrogens with zero attached hydrogens (tertiary/aromatic N) is 1. The van der Waals surface area contributed by atoms with Crippen molar-refractivity contribution in [3.8, 4) is 0 Å². The topological polar surface area (TPSA) is 112 Å². The van der Waals surface area contributed by atoms with Gasteiger partial charge < -0.3 is 20.3 Å². The number of aryl methyl sites for hydroxylation is 1. The molecule has 0 saturated carbocycles. The van der Waals surface area contributed by atoms with Crippen molar-refractivity contribution in [2.45, 2.75) is 111 Å². The van der Waals surface area contributed by atoms with Gasteiger partial charge in [0.15, 0.2) is 0 Å². The lowest BCUT2D eigenvalue weighted by molar-refractivity contribution is -0.143. The molecule has 2 fully saturated rings. The molecule has 3 rings (SSSR count). The fourth-order valence-corrected chi connectivity index (χ4v) is 5.76. The molecule has 7 atom stereocenters. The molecule has 2 saturated heterocycles. The van der Waals surface area contributed by atoms with Crippen LogP contribution >= 0.6 is 11.3 Å². The molecule has 8 heteroatoms. The van der Waals surface area contributed by atoms with Gasteiger partial charge in [0.25, 0.3) is 0 Å². The number of aliphatic hydroxyl groups excluding tert-OH is 2. The lowest BCUT2D eigenvalue weighted by Crippen LogP contribution is -2.47. The van der Waals surface area contributed by atoms with Gasteiger partial charge in [-0.2, -0.15) is 0 Å². The van der Waals surface area contributed by atoms with E-state index >= 15 is 0 Å². The zero-order valence-electron chi connectivity index (χ0n) is 22.1. The van der Waals surface area contributed by atoms with Gasteiger partial charge in [-0.15, -0.1) is 11.3 Å². The fourth-order valence-electron chi connectivity index (χ4n) is 5.19. The van der Waals surface area contributed by atoms with E-state index in [1.165, 1.54) is 0 Å². The molecule has 196 valence electrons. The monoisotopic (exact) mass is 506 g/mol. The van der Waals surface area contributed by atoms with E-state index in [-0.39, 0.29) is 41.8 Å². The molecule has 2 aliphatic rings. The van der Waals surface area contributed by atoms with Gasteiger partial charge in [0.2, 0.25) is 5.91 Å². The maximum atomic E-state index is 13.2. The summed E-state index contributed by atoms with van der Waals surface area (Å²) < 4.78 is 6.10. The van der Waals surface area contributed by atoms with Crippen LogP contribution in [0.1, 0.15) is 84.3 Å². The van der Waals surface area contributed by atoms with E-state index in [0.29, 0.717) is 6.42 Å². The molecular weight excluding hydrogens is 464 g/mol. The quantitative estimate of drug-likeness (QED) is 0.522. The van der Waals surface area contributed by atoms with Crippen LogP contribution < -0.4 is 5.32 Å². The number of epoxide rings is 1. The molecule has 0 radical (unpaired) electrons. The summed E-state index contributed by atoms with van der Waals surface area (Å²) in [6, 6.07) is -0.269. The molecule has 1 amide bonds. The van der Waals surface area contributed by atoms with Crippen LogP contribution in [0.5, 0.6) is 0 Å². The van der Waals surface area contributed by atoms with Gasteiger partial charge >= 0.3 is 0 Å². The molecule has 1 aromatic heterocycles. The number of carbonyl (C=O) groups excluding carboxylic acids is 2. The zero-order chi connectivity index (χ0) is 26.1. The molecule has 1 unspecified atom stereocenters. The maximum Gasteiger partial charge on any atom is 0.223 e. The number of aromatic nitrogens is 1. The van der Waals surface area contributed by atoms with Crippen LogP contribution in [0.3, 0.4) is 0 Å². The predicted molar refractivity (Wildman–Crippen MR) is 138 cm³/mol. The Hall–Kier alpha value is -1.61. The van der Waals surface area contributed by atoms with Gasteiger partial charge in [-0.25, -0.2) is 4.98 Å². The van der Waals surface area contributed by atoms with Crippen LogP contribution in [-0.4, -0.2) is 56.8 Å². The predicted octanol–water partition coefficient (Wildman–Crippen LogP) is 4.05. The second-order valence-corrected chi connectivity index (χ2v) is 12.5. The highest BCUT2D eigenvalue weighted by Crippen LogP contribution is 2.44. The minimum absolute atomic E-state index is 0.0170. The van der Waals surface area contributed by atoms with Crippen LogP contribution in [0, 0.1) is 24.2 Å². The molecule has 1 aromatic rings. The van der Waals surface area contributed by atoms with E-state index in [9.17, 15) is 19.8 Å². The Bertz CT molecular complexity index is 957. The van der Waals surface area contributed by atoms with Gasteiger partial charge in [-0.1, -0.05) is 34.1 Å².